The van der Waals surface area contributed by atoms with Crippen LogP contribution in [0.3, 0.4) is 0 Å². The number of halogens is 1. The van der Waals surface area contributed by atoms with Crippen molar-refractivity contribution in [2.45, 2.75) is 33.4 Å². The molecule has 0 amide bonds. The first-order valence-corrected chi connectivity index (χ1v) is 7.60. The molecule has 0 spiro atoms. The summed E-state index contributed by atoms with van der Waals surface area (Å²) in [5, 5.41) is 3.41. The van der Waals surface area contributed by atoms with E-state index in [4.69, 9.17) is 4.74 Å². The molecule has 3 heteroatoms. The number of nitrogens with one attached hydrogen (secondary N) is 1. The van der Waals surface area contributed by atoms with Gasteiger partial charge in [0.2, 0.25) is 0 Å². The van der Waals surface area contributed by atoms with Crippen molar-refractivity contribution in [1.29, 1.82) is 0 Å². The summed E-state index contributed by atoms with van der Waals surface area (Å²) in [4.78, 5) is 0. The van der Waals surface area contributed by atoms with Crippen LogP contribution in [0.1, 0.15) is 25.0 Å². The van der Waals surface area contributed by atoms with Gasteiger partial charge in [-0.25, -0.2) is 0 Å². The molecule has 0 radical (unpaired) electrons. The van der Waals surface area contributed by atoms with Crippen LogP contribution >= 0.6 is 15.9 Å². The second-order valence-corrected chi connectivity index (χ2v) is 6.11. The van der Waals surface area contributed by atoms with Crippen LogP contribution in [0.5, 0.6) is 11.5 Å². The molecule has 0 fully saturated rings. The van der Waals surface area contributed by atoms with E-state index in [0.29, 0.717) is 6.04 Å². The number of hydrogen-bond donors (Lipinski definition) is 1. The molecule has 0 aliphatic rings. The summed E-state index contributed by atoms with van der Waals surface area (Å²) in [5.74, 6) is 1.75. The van der Waals surface area contributed by atoms with Gasteiger partial charge in [0.15, 0.2) is 0 Å². The van der Waals surface area contributed by atoms with Crippen molar-refractivity contribution in [1.82, 2.24) is 5.32 Å². The normalized spacial score (nSPS) is 10.8. The molecule has 0 unspecified atom stereocenters. The molecule has 20 heavy (non-hydrogen) atoms. The highest BCUT2D eigenvalue weighted by atomic mass is 79.9. The van der Waals surface area contributed by atoms with E-state index < -0.39 is 0 Å². The Morgan fingerprint density at radius 3 is 2.70 bits per heavy atom. The van der Waals surface area contributed by atoms with Gasteiger partial charge in [0.25, 0.3) is 0 Å². The zero-order valence-corrected chi connectivity index (χ0v) is 13.7. The average molecular weight is 334 g/mol. The summed E-state index contributed by atoms with van der Waals surface area (Å²) in [5.41, 5.74) is 2.35. The average Bonchev–Trinajstić information content (AvgIpc) is 2.41. The largest absolute Gasteiger partial charge is 0.457 e. The second-order valence-electron chi connectivity index (χ2n) is 5.19. The molecule has 0 saturated carbocycles. The van der Waals surface area contributed by atoms with E-state index in [2.05, 4.69) is 47.2 Å². The minimum Gasteiger partial charge on any atom is -0.457 e. The molecular weight excluding hydrogens is 314 g/mol. The van der Waals surface area contributed by atoms with Crippen LogP contribution < -0.4 is 10.1 Å². The van der Waals surface area contributed by atoms with Crippen LogP contribution in [-0.4, -0.2) is 6.04 Å². The first-order chi connectivity index (χ1) is 9.54. The fraction of sp³-hybridized carbons (Fsp3) is 0.294. The second kappa shape index (κ2) is 6.91. The molecule has 1 N–H and O–H groups in total. The third-order valence-corrected chi connectivity index (χ3v) is 3.48. The maximum Gasteiger partial charge on any atom is 0.131 e. The predicted octanol–water partition coefficient (Wildman–Crippen LogP) is 5.05. The molecule has 2 nitrogen and oxygen atoms in total. The van der Waals surface area contributed by atoms with Crippen molar-refractivity contribution >= 4 is 15.9 Å². The number of hydrogen-bond acceptors (Lipinski definition) is 2. The number of aryl methyl sites for hydroxylation is 1. The van der Waals surface area contributed by atoms with Crippen LogP contribution in [0.4, 0.5) is 0 Å². The van der Waals surface area contributed by atoms with Crippen LogP contribution in [0, 0.1) is 6.92 Å². The van der Waals surface area contributed by atoms with Crippen LogP contribution in [0.25, 0.3) is 0 Å². The lowest BCUT2D eigenvalue weighted by molar-refractivity contribution is 0.477. The SMILES string of the molecule is Cc1ccc(Br)cc1Oc1cccc(CNC(C)C)c1. The van der Waals surface area contributed by atoms with Gasteiger partial charge >= 0.3 is 0 Å². The van der Waals surface area contributed by atoms with Crippen molar-refractivity contribution in [3.8, 4) is 11.5 Å². The van der Waals surface area contributed by atoms with E-state index in [1.807, 2.05) is 37.3 Å². The lowest BCUT2D eigenvalue weighted by Crippen LogP contribution is -2.21. The van der Waals surface area contributed by atoms with Gasteiger partial charge in [0.1, 0.15) is 11.5 Å². The van der Waals surface area contributed by atoms with Crippen LogP contribution in [-0.2, 0) is 6.54 Å². The summed E-state index contributed by atoms with van der Waals surface area (Å²) in [6, 6.07) is 14.7. The van der Waals surface area contributed by atoms with Crippen molar-refractivity contribution in [2.24, 2.45) is 0 Å². The highest BCUT2D eigenvalue weighted by molar-refractivity contribution is 9.10. The van der Waals surface area contributed by atoms with Gasteiger partial charge in [-0.05, 0) is 42.3 Å². The Kier molecular flexibility index (Phi) is 5.21. The molecule has 2 aromatic rings. The van der Waals surface area contributed by atoms with E-state index in [-0.39, 0.29) is 0 Å². The molecule has 2 rings (SSSR count). The van der Waals surface area contributed by atoms with E-state index in [1.54, 1.807) is 0 Å². The molecule has 0 aliphatic carbocycles. The van der Waals surface area contributed by atoms with Gasteiger partial charge < -0.3 is 10.1 Å². The lowest BCUT2D eigenvalue weighted by atomic mass is 10.2. The molecule has 0 aliphatic heterocycles. The summed E-state index contributed by atoms with van der Waals surface area (Å²) < 4.78 is 7.00. The Hall–Kier alpha value is -1.32. The minimum atomic E-state index is 0.479. The molecule has 0 atom stereocenters. The number of benzene rings is 2. The number of ether oxygens (including phenoxy) is 1. The minimum absolute atomic E-state index is 0.479. The summed E-state index contributed by atoms with van der Waals surface area (Å²) in [6.07, 6.45) is 0. The van der Waals surface area contributed by atoms with E-state index in [0.717, 1.165) is 28.1 Å². The highest BCUT2D eigenvalue weighted by Gasteiger charge is 2.04. The standard InChI is InChI=1S/C17H20BrNO/c1-12(2)19-11-14-5-4-6-16(9-14)20-17-10-15(18)8-7-13(17)3/h4-10,12,19H,11H2,1-3H3. The van der Waals surface area contributed by atoms with Crippen molar-refractivity contribution in [3.05, 3.63) is 58.1 Å². The fourth-order valence-corrected chi connectivity index (χ4v) is 2.19. The van der Waals surface area contributed by atoms with Gasteiger partial charge in [-0.1, -0.05) is 48.0 Å². The van der Waals surface area contributed by atoms with Crippen LogP contribution in [0.15, 0.2) is 46.9 Å². The van der Waals surface area contributed by atoms with E-state index in [9.17, 15) is 0 Å². The van der Waals surface area contributed by atoms with Gasteiger partial charge in [-0.2, -0.15) is 0 Å². The van der Waals surface area contributed by atoms with E-state index >= 15 is 0 Å². The Balaban J connectivity index is 2.13. The fourth-order valence-electron chi connectivity index (χ4n) is 1.85. The quantitative estimate of drug-likeness (QED) is 0.826. The monoisotopic (exact) mass is 333 g/mol. The molecule has 2 aromatic carbocycles. The van der Waals surface area contributed by atoms with Crippen molar-refractivity contribution in [2.75, 3.05) is 0 Å². The van der Waals surface area contributed by atoms with Gasteiger partial charge in [-0.15, -0.1) is 0 Å². The van der Waals surface area contributed by atoms with Crippen molar-refractivity contribution in [3.63, 3.8) is 0 Å². The molecule has 0 saturated heterocycles. The first kappa shape index (κ1) is 15.1. The van der Waals surface area contributed by atoms with Crippen LogP contribution in [0.2, 0.25) is 0 Å². The maximum atomic E-state index is 5.98. The molecular formula is C17H20BrNO. The van der Waals surface area contributed by atoms with Gasteiger partial charge in [0.05, 0.1) is 0 Å². The Morgan fingerprint density at radius 1 is 1.15 bits per heavy atom. The summed E-state index contributed by atoms with van der Waals surface area (Å²) in [7, 11) is 0. The molecule has 0 aromatic heterocycles. The molecule has 106 valence electrons. The Bertz CT molecular complexity index is 581. The smallest absolute Gasteiger partial charge is 0.131 e. The maximum absolute atomic E-state index is 5.98. The topological polar surface area (TPSA) is 21.3 Å². The Morgan fingerprint density at radius 2 is 1.95 bits per heavy atom. The predicted molar refractivity (Wildman–Crippen MR) is 87.4 cm³/mol. The third kappa shape index (κ3) is 4.36. The molecule has 0 heterocycles. The lowest BCUT2D eigenvalue weighted by Gasteiger charge is -2.12. The number of rotatable bonds is 5. The van der Waals surface area contributed by atoms with Gasteiger partial charge in [-0.3, -0.25) is 0 Å². The van der Waals surface area contributed by atoms with Gasteiger partial charge in [0, 0.05) is 17.1 Å². The first-order valence-electron chi connectivity index (χ1n) is 6.81. The van der Waals surface area contributed by atoms with Crippen molar-refractivity contribution < 1.29 is 4.74 Å². The summed E-state index contributed by atoms with van der Waals surface area (Å²) >= 11 is 3.47. The Labute approximate surface area is 129 Å². The zero-order valence-electron chi connectivity index (χ0n) is 12.1. The van der Waals surface area contributed by atoms with E-state index in [1.165, 1.54) is 5.56 Å². The third-order valence-electron chi connectivity index (χ3n) is 2.99. The molecule has 0 bridgehead atoms. The summed E-state index contributed by atoms with van der Waals surface area (Å²) in [6.45, 7) is 7.19. The zero-order chi connectivity index (χ0) is 14.5. The highest BCUT2D eigenvalue weighted by Crippen LogP contribution is 2.28.